The van der Waals surface area contributed by atoms with E-state index in [0.29, 0.717) is 0 Å². The zero-order valence-electron chi connectivity index (χ0n) is 11.1. The molecule has 3 N–H and O–H groups in total. The zero-order valence-corrected chi connectivity index (χ0v) is 17.1. The van der Waals surface area contributed by atoms with Crippen molar-refractivity contribution in [3.05, 3.63) is 0 Å². The van der Waals surface area contributed by atoms with E-state index in [2.05, 4.69) is 0 Å². The van der Waals surface area contributed by atoms with Crippen LogP contribution < -0.4 is 104 Å². The molecule has 0 saturated carbocycles. The molecule has 20 heavy (non-hydrogen) atoms. The average Bonchev–Trinajstić information content (AvgIpc) is 1.98. The van der Waals surface area contributed by atoms with Crippen LogP contribution in [0.4, 0.5) is 4.79 Å². The Balaban J connectivity index is -0.0000000951. The number of rotatable bonds is 5. The van der Waals surface area contributed by atoms with Crippen LogP contribution in [0, 0.1) is 0 Å². The first-order valence-electron chi connectivity index (χ1n) is 3.76. The van der Waals surface area contributed by atoms with Crippen LogP contribution in [-0.4, -0.2) is 45.0 Å². The molecular formula is C7H7Na3O10. The number of carboxylic acids is 3. The van der Waals surface area contributed by atoms with Gasteiger partial charge in [0.1, 0.15) is 5.60 Å². The van der Waals surface area contributed by atoms with E-state index in [-0.39, 0.29) is 88.7 Å². The Morgan fingerprint density at radius 3 is 1.10 bits per heavy atom. The normalized spacial score (nSPS) is 8.25. The van der Waals surface area contributed by atoms with Crippen molar-refractivity contribution in [2.75, 3.05) is 0 Å². The molecule has 0 atom stereocenters. The molecule has 0 bridgehead atoms. The van der Waals surface area contributed by atoms with Crippen molar-refractivity contribution >= 4 is 24.1 Å². The topological polar surface area (TPSA) is 198 Å². The van der Waals surface area contributed by atoms with Gasteiger partial charge in [0.15, 0.2) is 0 Å². The van der Waals surface area contributed by atoms with Crippen LogP contribution in [0.1, 0.15) is 12.8 Å². The summed E-state index contributed by atoms with van der Waals surface area (Å²) < 4.78 is 0. The van der Waals surface area contributed by atoms with Crippen LogP contribution in [0.5, 0.6) is 0 Å². The summed E-state index contributed by atoms with van der Waals surface area (Å²) in [5, 5.41) is 52.9. The maximum atomic E-state index is 10.1. The molecule has 0 aliphatic carbocycles. The van der Waals surface area contributed by atoms with Crippen LogP contribution in [0.15, 0.2) is 0 Å². The molecule has 0 aromatic heterocycles. The Kier molecular flexibility index (Phi) is 26.1. The number of hydrogen-bond donors (Lipinski definition) is 3. The quantitative estimate of drug-likeness (QED) is 0.408. The Labute approximate surface area is 179 Å². The summed E-state index contributed by atoms with van der Waals surface area (Å²) >= 11 is 0. The molecule has 13 heteroatoms. The molecular weight excluding hydrogens is 313 g/mol. The molecule has 0 spiro atoms. The standard InChI is InChI=1S/C6H8O7.CH2O3.3Na/c7-3(8)1-6(13,5(11)12)2-4(9)10;2-1(3)4;;;/h13H,1-2H2,(H,7,8)(H,9,10)(H,11,12);(H2,2,3,4);;;/q;;3*+1/p-3. The number of aliphatic carboxylic acids is 3. The Morgan fingerprint density at radius 2 is 1.00 bits per heavy atom. The second kappa shape index (κ2) is 16.0. The summed E-state index contributed by atoms with van der Waals surface area (Å²) in [6.45, 7) is 0. The smallest absolute Gasteiger partial charge is 0.550 e. The van der Waals surface area contributed by atoms with E-state index in [9.17, 15) is 29.7 Å². The minimum Gasteiger partial charge on any atom is -0.550 e. The predicted octanol–water partition coefficient (Wildman–Crippen LogP) is -14.0. The minimum atomic E-state index is -2.97. The van der Waals surface area contributed by atoms with Crippen LogP contribution in [0.2, 0.25) is 0 Å². The van der Waals surface area contributed by atoms with Crippen LogP contribution in [-0.2, 0) is 14.4 Å². The van der Waals surface area contributed by atoms with Gasteiger partial charge in [0, 0.05) is 24.8 Å². The maximum absolute atomic E-state index is 10.1. The molecule has 0 radical (unpaired) electrons. The van der Waals surface area contributed by atoms with Crippen molar-refractivity contribution in [1.29, 1.82) is 0 Å². The number of aliphatic hydroxyl groups is 1. The first-order valence-corrected chi connectivity index (χ1v) is 3.76. The molecule has 0 unspecified atom stereocenters. The van der Waals surface area contributed by atoms with E-state index in [1.54, 1.807) is 0 Å². The molecule has 0 fully saturated rings. The molecule has 0 aliphatic heterocycles. The van der Waals surface area contributed by atoms with E-state index in [4.69, 9.17) is 20.1 Å². The molecule has 0 heterocycles. The van der Waals surface area contributed by atoms with Gasteiger partial charge in [-0.1, -0.05) is 0 Å². The van der Waals surface area contributed by atoms with Crippen LogP contribution >= 0.6 is 0 Å². The van der Waals surface area contributed by atoms with Gasteiger partial charge in [0.2, 0.25) is 0 Å². The minimum absolute atomic E-state index is 0. The first kappa shape index (κ1) is 32.5. The number of hydrogen-bond acceptors (Lipinski definition) is 8. The molecule has 0 aromatic carbocycles. The summed E-state index contributed by atoms with van der Waals surface area (Å²) in [4.78, 5) is 38.6. The third kappa shape index (κ3) is 20.9. The Hall–Kier alpha value is 0.640. The first-order chi connectivity index (χ1) is 7.51. The fourth-order valence-electron chi connectivity index (χ4n) is 0.684. The van der Waals surface area contributed by atoms with Crippen LogP contribution in [0.25, 0.3) is 0 Å². The van der Waals surface area contributed by atoms with Gasteiger partial charge >= 0.3 is 94.8 Å². The number of carbonyl (C=O) groups excluding carboxylic acids is 3. The van der Waals surface area contributed by atoms with Crippen molar-refractivity contribution < 1.29 is 138 Å². The van der Waals surface area contributed by atoms with Gasteiger partial charge in [-0.15, -0.1) is 0 Å². The van der Waals surface area contributed by atoms with Crippen molar-refractivity contribution in [3.63, 3.8) is 0 Å². The summed E-state index contributed by atoms with van der Waals surface area (Å²) in [6, 6.07) is 0. The van der Waals surface area contributed by atoms with E-state index < -0.39 is 42.5 Å². The number of carboxylic acid groups (broad SMARTS) is 5. The van der Waals surface area contributed by atoms with Gasteiger partial charge < -0.3 is 45.0 Å². The van der Waals surface area contributed by atoms with Crippen molar-refractivity contribution in [2.24, 2.45) is 0 Å². The summed E-state index contributed by atoms with van der Waals surface area (Å²) in [5.74, 6) is -5.98. The molecule has 0 rings (SSSR count). The SMILES string of the molecule is O=C(O)O.O=C([O-])CC(O)(CC(=O)[O-])C(=O)[O-].[Na+].[Na+].[Na+]. The van der Waals surface area contributed by atoms with Gasteiger partial charge in [-0.2, -0.15) is 0 Å². The second-order valence-corrected chi connectivity index (χ2v) is 2.70. The Bertz CT molecular complexity index is 311. The molecule has 0 aliphatic rings. The maximum Gasteiger partial charge on any atom is 1.00 e. The van der Waals surface area contributed by atoms with Gasteiger partial charge in [-0.25, -0.2) is 4.79 Å². The van der Waals surface area contributed by atoms with Crippen molar-refractivity contribution in [2.45, 2.75) is 18.4 Å². The van der Waals surface area contributed by atoms with Crippen LogP contribution in [0.3, 0.4) is 0 Å². The molecule has 10 nitrogen and oxygen atoms in total. The average molecular weight is 320 g/mol. The van der Waals surface area contributed by atoms with Crippen molar-refractivity contribution in [3.8, 4) is 0 Å². The molecule has 0 amide bonds. The zero-order chi connectivity index (χ0) is 14.2. The molecule has 98 valence electrons. The molecule has 0 saturated heterocycles. The van der Waals surface area contributed by atoms with Gasteiger partial charge in [0.05, 0.1) is 5.97 Å². The van der Waals surface area contributed by atoms with E-state index in [1.165, 1.54) is 0 Å². The van der Waals surface area contributed by atoms with Gasteiger partial charge in [-0.05, 0) is 0 Å². The fraction of sp³-hybridized carbons (Fsp3) is 0.429. The van der Waals surface area contributed by atoms with Crippen molar-refractivity contribution in [1.82, 2.24) is 0 Å². The van der Waals surface area contributed by atoms with E-state index in [0.717, 1.165) is 0 Å². The fourth-order valence-corrected chi connectivity index (χ4v) is 0.684. The molecule has 0 aromatic rings. The Morgan fingerprint density at radius 1 is 0.800 bits per heavy atom. The number of carbonyl (C=O) groups is 4. The summed E-state index contributed by atoms with van der Waals surface area (Å²) in [6.07, 6.45) is -4.55. The van der Waals surface area contributed by atoms with E-state index in [1.807, 2.05) is 0 Å². The monoisotopic (exact) mass is 320 g/mol. The van der Waals surface area contributed by atoms with Gasteiger partial charge in [-0.3, -0.25) is 0 Å². The summed E-state index contributed by atoms with van der Waals surface area (Å²) in [7, 11) is 0. The predicted molar refractivity (Wildman–Crippen MR) is 39.9 cm³/mol. The third-order valence-electron chi connectivity index (χ3n) is 1.25. The second-order valence-electron chi connectivity index (χ2n) is 2.70. The van der Waals surface area contributed by atoms with E-state index >= 15 is 0 Å². The summed E-state index contributed by atoms with van der Waals surface area (Å²) in [5.41, 5.74) is -2.97. The third-order valence-corrected chi connectivity index (χ3v) is 1.25. The van der Waals surface area contributed by atoms with Gasteiger partial charge in [0.25, 0.3) is 0 Å². The largest absolute Gasteiger partial charge is 1.00 e.